The zero-order chi connectivity index (χ0) is 15.4. The summed E-state index contributed by atoms with van der Waals surface area (Å²) < 4.78 is 0. The zero-order valence-electron chi connectivity index (χ0n) is 12.3. The predicted molar refractivity (Wildman–Crippen MR) is 83.2 cm³/mol. The molecule has 0 heterocycles. The number of aliphatic carboxylic acids is 1. The second-order valence-electron chi connectivity index (χ2n) is 5.58. The quantitative estimate of drug-likeness (QED) is 0.764. The summed E-state index contributed by atoms with van der Waals surface area (Å²) in [5.41, 5.74) is 0.730. The van der Waals surface area contributed by atoms with Gasteiger partial charge in [0.2, 0.25) is 0 Å². The van der Waals surface area contributed by atoms with Gasteiger partial charge in [0.05, 0.1) is 12.5 Å². The van der Waals surface area contributed by atoms with Crippen molar-refractivity contribution in [3.63, 3.8) is 0 Å². The molecule has 3 N–H and O–H groups in total. The largest absolute Gasteiger partial charge is 0.481 e. The normalized spacial score (nSPS) is 14.3. The highest BCUT2D eigenvalue weighted by Gasteiger charge is 2.24. The van der Waals surface area contributed by atoms with Gasteiger partial charge in [0.15, 0.2) is 0 Å². The Labute approximate surface area is 124 Å². The Balaban J connectivity index is 2.28. The van der Waals surface area contributed by atoms with Crippen LogP contribution in [0, 0.1) is 0 Å². The molecule has 0 aliphatic rings. The van der Waals surface area contributed by atoms with Crippen molar-refractivity contribution in [2.24, 2.45) is 0 Å². The minimum atomic E-state index is -0.923. The van der Waals surface area contributed by atoms with Crippen LogP contribution >= 0.6 is 0 Å². The topological polar surface area (TPSA) is 69.6 Å². The fraction of sp³-hybridized carbons (Fsp3) is 0.353. The van der Waals surface area contributed by atoms with E-state index in [1.54, 1.807) is 0 Å². The number of carboxylic acid groups (broad SMARTS) is 1. The molecule has 0 fully saturated rings. The Morgan fingerprint density at radius 2 is 1.81 bits per heavy atom. The maximum atomic E-state index is 11.0. The molecule has 0 saturated heterocycles. The first-order chi connectivity index (χ1) is 9.97. The van der Waals surface area contributed by atoms with E-state index in [9.17, 15) is 9.90 Å². The first-order valence-electron chi connectivity index (χ1n) is 7.12. The Morgan fingerprint density at radius 3 is 2.43 bits per heavy atom. The van der Waals surface area contributed by atoms with E-state index >= 15 is 0 Å². The highest BCUT2D eigenvalue weighted by molar-refractivity contribution is 5.83. The molecule has 0 aromatic heterocycles. The Morgan fingerprint density at radius 1 is 1.14 bits per heavy atom. The Hall–Kier alpha value is -1.91. The molecule has 2 aromatic rings. The molecule has 0 amide bonds. The zero-order valence-corrected chi connectivity index (χ0v) is 12.3. The standard InChI is InChI=1S/C17H21NO3/c1-11(2)18-15(10-16(19)20)17(21)14-8-7-12-5-3-4-6-13(12)9-14/h3-9,11,15,17-18,21H,10H2,1-2H3,(H,19,20). The van der Waals surface area contributed by atoms with Gasteiger partial charge in [-0.1, -0.05) is 50.2 Å². The van der Waals surface area contributed by atoms with Gasteiger partial charge in [-0.25, -0.2) is 0 Å². The molecule has 2 rings (SSSR count). The molecule has 4 heteroatoms. The fourth-order valence-corrected chi connectivity index (χ4v) is 2.50. The van der Waals surface area contributed by atoms with Crippen LogP contribution in [-0.4, -0.2) is 28.3 Å². The number of hydrogen-bond acceptors (Lipinski definition) is 3. The van der Waals surface area contributed by atoms with Gasteiger partial charge < -0.3 is 15.5 Å². The minimum Gasteiger partial charge on any atom is -0.481 e. The number of hydrogen-bond donors (Lipinski definition) is 3. The number of aliphatic hydroxyl groups excluding tert-OH is 1. The van der Waals surface area contributed by atoms with Crippen LogP contribution in [0.3, 0.4) is 0 Å². The van der Waals surface area contributed by atoms with Gasteiger partial charge >= 0.3 is 5.97 Å². The molecule has 2 unspecified atom stereocenters. The highest BCUT2D eigenvalue weighted by atomic mass is 16.4. The van der Waals surface area contributed by atoms with Gasteiger partial charge in [-0.2, -0.15) is 0 Å². The summed E-state index contributed by atoms with van der Waals surface area (Å²) in [5, 5.41) is 24.8. The summed E-state index contributed by atoms with van der Waals surface area (Å²) in [6, 6.07) is 13.2. The number of carbonyl (C=O) groups is 1. The first-order valence-corrected chi connectivity index (χ1v) is 7.12. The van der Waals surface area contributed by atoms with Crippen molar-refractivity contribution in [2.45, 2.75) is 38.5 Å². The molecule has 0 aliphatic carbocycles. The number of rotatable bonds is 6. The summed E-state index contributed by atoms with van der Waals surface area (Å²) in [6.07, 6.45) is -0.972. The SMILES string of the molecule is CC(C)NC(CC(=O)O)C(O)c1ccc2ccccc2c1. The lowest BCUT2D eigenvalue weighted by molar-refractivity contribution is -0.138. The predicted octanol–water partition coefficient (Wildman–Crippen LogP) is 2.71. The van der Waals surface area contributed by atoms with Crippen molar-refractivity contribution >= 4 is 16.7 Å². The number of nitrogens with one attached hydrogen (secondary N) is 1. The van der Waals surface area contributed by atoms with Crippen LogP contribution in [0.15, 0.2) is 42.5 Å². The van der Waals surface area contributed by atoms with Gasteiger partial charge in [0.1, 0.15) is 0 Å². The molecular formula is C17H21NO3. The van der Waals surface area contributed by atoms with E-state index in [0.29, 0.717) is 0 Å². The molecule has 21 heavy (non-hydrogen) atoms. The minimum absolute atomic E-state index is 0.101. The van der Waals surface area contributed by atoms with Crippen molar-refractivity contribution in [3.05, 3.63) is 48.0 Å². The lowest BCUT2D eigenvalue weighted by Crippen LogP contribution is -2.40. The number of carboxylic acids is 1. The molecule has 4 nitrogen and oxygen atoms in total. The summed E-state index contributed by atoms with van der Waals surface area (Å²) in [6.45, 7) is 3.87. The van der Waals surface area contributed by atoms with Crippen molar-refractivity contribution in [2.75, 3.05) is 0 Å². The van der Waals surface area contributed by atoms with Gasteiger partial charge in [0, 0.05) is 12.1 Å². The second-order valence-corrected chi connectivity index (χ2v) is 5.58. The van der Waals surface area contributed by atoms with Crippen molar-refractivity contribution in [1.29, 1.82) is 0 Å². The Bertz CT molecular complexity index is 624. The van der Waals surface area contributed by atoms with E-state index in [0.717, 1.165) is 16.3 Å². The first kappa shape index (κ1) is 15.5. The summed E-state index contributed by atoms with van der Waals surface area (Å²) in [4.78, 5) is 11.0. The maximum absolute atomic E-state index is 11.0. The summed E-state index contributed by atoms with van der Waals surface area (Å²) >= 11 is 0. The van der Waals surface area contributed by atoms with E-state index in [2.05, 4.69) is 5.32 Å². The average molecular weight is 287 g/mol. The summed E-state index contributed by atoms with van der Waals surface area (Å²) in [7, 11) is 0. The molecule has 0 spiro atoms. The maximum Gasteiger partial charge on any atom is 0.305 e. The third-order valence-corrected chi connectivity index (χ3v) is 3.44. The summed E-state index contributed by atoms with van der Waals surface area (Å²) in [5.74, 6) is -0.923. The number of aliphatic hydroxyl groups is 1. The number of fused-ring (bicyclic) bond motifs is 1. The molecule has 2 aromatic carbocycles. The number of benzene rings is 2. The van der Waals surface area contributed by atoms with E-state index in [1.165, 1.54) is 0 Å². The molecule has 0 aliphatic heterocycles. The molecular weight excluding hydrogens is 266 g/mol. The Kier molecular flexibility index (Phi) is 4.94. The van der Waals surface area contributed by atoms with Crippen LogP contribution in [0.1, 0.15) is 31.9 Å². The molecule has 0 bridgehead atoms. The van der Waals surface area contributed by atoms with Gasteiger partial charge in [-0.3, -0.25) is 4.79 Å². The smallest absolute Gasteiger partial charge is 0.305 e. The van der Waals surface area contributed by atoms with Gasteiger partial charge in [-0.05, 0) is 22.4 Å². The van der Waals surface area contributed by atoms with Crippen LogP contribution in [0.25, 0.3) is 10.8 Å². The van der Waals surface area contributed by atoms with Crippen LogP contribution in [0.5, 0.6) is 0 Å². The third-order valence-electron chi connectivity index (χ3n) is 3.44. The average Bonchev–Trinajstić information content (AvgIpc) is 2.44. The molecule has 0 radical (unpaired) electrons. The van der Waals surface area contributed by atoms with Crippen LogP contribution < -0.4 is 5.32 Å². The third kappa shape index (κ3) is 4.03. The van der Waals surface area contributed by atoms with E-state index < -0.39 is 18.1 Å². The molecule has 2 atom stereocenters. The highest BCUT2D eigenvalue weighted by Crippen LogP contribution is 2.24. The second kappa shape index (κ2) is 6.70. The van der Waals surface area contributed by atoms with Crippen LogP contribution in [0.4, 0.5) is 0 Å². The van der Waals surface area contributed by atoms with Gasteiger partial charge in [0.25, 0.3) is 0 Å². The van der Waals surface area contributed by atoms with Crippen molar-refractivity contribution < 1.29 is 15.0 Å². The van der Waals surface area contributed by atoms with Crippen LogP contribution in [-0.2, 0) is 4.79 Å². The molecule has 0 saturated carbocycles. The molecule has 112 valence electrons. The van der Waals surface area contributed by atoms with Crippen molar-refractivity contribution in [3.8, 4) is 0 Å². The van der Waals surface area contributed by atoms with Crippen molar-refractivity contribution in [1.82, 2.24) is 5.32 Å². The lowest BCUT2D eigenvalue weighted by atomic mass is 9.96. The van der Waals surface area contributed by atoms with E-state index in [4.69, 9.17) is 5.11 Å². The van der Waals surface area contributed by atoms with Gasteiger partial charge in [-0.15, -0.1) is 0 Å². The lowest BCUT2D eigenvalue weighted by Gasteiger charge is -2.25. The fourth-order valence-electron chi connectivity index (χ4n) is 2.50. The monoisotopic (exact) mass is 287 g/mol. The van der Waals surface area contributed by atoms with Crippen LogP contribution in [0.2, 0.25) is 0 Å². The van der Waals surface area contributed by atoms with E-state index in [-0.39, 0.29) is 12.5 Å². The van der Waals surface area contributed by atoms with E-state index in [1.807, 2.05) is 56.3 Å².